The minimum absolute atomic E-state index is 0.598. The highest BCUT2D eigenvalue weighted by atomic mass is 35.5. The van der Waals surface area contributed by atoms with Crippen molar-refractivity contribution < 1.29 is 9.47 Å². The Morgan fingerprint density at radius 3 is 2.12 bits per heavy atom. The van der Waals surface area contributed by atoms with Crippen LogP contribution in [0.5, 0.6) is 11.5 Å². The second-order valence-corrected chi connectivity index (χ2v) is 7.33. The molecule has 0 atom stereocenters. The summed E-state index contributed by atoms with van der Waals surface area (Å²) in [4.78, 5) is 0. The molecule has 0 heterocycles. The summed E-state index contributed by atoms with van der Waals surface area (Å²) < 4.78 is 11.6. The maximum absolute atomic E-state index is 5.89. The van der Waals surface area contributed by atoms with Gasteiger partial charge in [-0.1, -0.05) is 43.7 Å². The molecular weight excluding hydrogens is 346 g/mol. The lowest BCUT2D eigenvalue weighted by atomic mass is 9.87. The molecule has 0 radical (unpaired) electrons. The van der Waals surface area contributed by atoms with Crippen LogP contribution >= 0.6 is 11.6 Å². The van der Waals surface area contributed by atoms with E-state index in [9.17, 15) is 0 Å². The second-order valence-electron chi connectivity index (χ2n) is 6.89. The van der Waals surface area contributed by atoms with Crippen LogP contribution < -0.4 is 14.8 Å². The van der Waals surface area contributed by atoms with Gasteiger partial charge in [0.05, 0.1) is 6.61 Å². The molecule has 1 N–H and O–H groups in total. The van der Waals surface area contributed by atoms with Crippen molar-refractivity contribution in [1.82, 2.24) is 0 Å². The summed E-state index contributed by atoms with van der Waals surface area (Å²) in [5.74, 6) is 2.65. The molecule has 3 rings (SSSR count). The predicted molar refractivity (Wildman–Crippen MR) is 109 cm³/mol. The van der Waals surface area contributed by atoms with E-state index in [4.69, 9.17) is 21.1 Å². The van der Waals surface area contributed by atoms with Crippen LogP contribution in [-0.2, 0) is 0 Å². The van der Waals surface area contributed by atoms with E-state index in [1.165, 1.54) is 38.5 Å². The fourth-order valence-corrected chi connectivity index (χ4v) is 3.51. The Morgan fingerprint density at radius 1 is 0.808 bits per heavy atom. The van der Waals surface area contributed by atoms with E-state index in [0.717, 1.165) is 41.3 Å². The van der Waals surface area contributed by atoms with Gasteiger partial charge in [-0.15, -0.1) is 0 Å². The van der Waals surface area contributed by atoms with Gasteiger partial charge in [-0.3, -0.25) is 0 Å². The highest BCUT2D eigenvalue weighted by Gasteiger charge is 2.13. The third kappa shape index (κ3) is 6.45. The monoisotopic (exact) mass is 373 g/mol. The van der Waals surface area contributed by atoms with Crippen LogP contribution in [0.3, 0.4) is 0 Å². The molecule has 0 bridgehead atoms. The Labute approximate surface area is 161 Å². The van der Waals surface area contributed by atoms with Crippen molar-refractivity contribution in [1.29, 1.82) is 0 Å². The first kappa shape index (κ1) is 18.9. The van der Waals surface area contributed by atoms with Gasteiger partial charge in [0.15, 0.2) is 0 Å². The van der Waals surface area contributed by atoms with Crippen molar-refractivity contribution in [2.24, 2.45) is 5.92 Å². The zero-order valence-electron chi connectivity index (χ0n) is 15.3. The summed E-state index contributed by atoms with van der Waals surface area (Å²) >= 11 is 5.86. The lowest BCUT2D eigenvalue weighted by molar-refractivity contribution is 0.246. The largest absolute Gasteiger partial charge is 0.494 e. The molecule has 140 valence electrons. The van der Waals surface area contributed by atoms with E-state index in [-0.39, 0.29) is 0 Å². The van der Waals surface area contributed by atoms with Gasteiger partial charge in [0.25, 0.3) is 0 Å². The van der Waals surface area contributed by atoms with Crippen molar-refractivity contribution in [3.05, 3.63) is 53.6 Å². The Kier molecular flexibility index (Phi) is 7.51. The lowest BCUT2D eigenvalue weighted by Crippen LogP contribution is -2.11. The molecule has 4 heteroatoms. The van der Waals surface area contributed by atoms with Gasteiger partial charge in [0.2, 0.25) is 0 Å². The zero-order chi connectivity index (χ0) is 18.0. The van der Waals surface area contributed by atoms with Gasteiger partial charge < -0.3 is 14.8 Å². The van der Waals surface area contributed by atoms with Gasteiger partial charge in [0, 0.05) is 17.3 Å². The molecule has 2 aromatic rings. The van der Waals surface area contributed by atoms with E-state index < -0.39 is 0 Å². The molecule has 1 aliphatic carbocycles. The normalized spacial score (nSPS) is 14.8. The van der Waals surface area contributed by atoms with E-state index in [0.29, 0.717) is 6.61 Å². The Bertz CT molecular complexity index is 636. The second kappa shape index (κ2) is 10.3. The van der Waals surface area contributed by atoms with Gasteiger partial charge >= 0.3 is 0 Å². The average Bonchev–Trinajstić information content (AvgIpc) is 2.69. The van der Waals surface area contributed by atoms with Crippen LogP contribution in [0.4, 0.5) is 5.69 Å². The van der Waals surface area contributed by atoms with Crippen LogP contribution in [-0.4, -0.2) is 19.8 Å². The smallest absolute Gasteiger partial charge is 0.119 e. The predicted octanol–water partition coefficient (Wildman–Crippen LogP) is 6.18. The summed E-state index contributed by atoms with van der Waals surface area (Å²) in [7, 11) is 0. The molecule has 1 fully saturated rings. The van der Waals surface area contributed by atoms with Crippen LogP contribution in [0.25, 0.3) is 0 Å². The van der Waals surface area contributed by atoms with E-state index >= 15 is 0 Å². The molecule has 2 aromatic carbocycles. The van der Waals surface area contributed by atoms with Gasteiger partial charge in [0.1, 0.15) is 18.1 Å². The topological polar surface area (TPSA) is 30.5 Å². The first-order valence-corrected chi connectivity index (χ1v) is 10.0. The fourth-order valence-electron chi connectivity index (χ4n) is 3.38. The molecule has 1 saturated carbocycles. The first-order valence-electron chi connectivity index (χ1n) is 9.65. The van der Waals surface area contributed by atoms with E-state index in [1.54, 1.807) is 0 Å². The van der Waals surface area contributed by atoms with Gasteiger partial charge in [-0.2, -0.15) is 0 Å². The lowest BCUT2D eigenvalue weighted by Gasteiger charge is -2.21. The quantitative estimate of drug-likeness (QED) is 0.532. The van der Waals surface area contributed by atoms with Gasteiger partial charge in [-0.05, 0) is 60.9 Å². The Balaban J connectivity index is 1.31. The van der Waals surface area contributed by atoms with Crippen molar-refractivity contribution in [3.8, 4) is 11.5 Å². The van der Waals surface area contributed by atoms with Crippen LogP contribution in [0.15, 0.2) is 48.5 Å². The number of hydrogen-bond donors (Lipinski definition) is 1. The summed E-state index contributed by atoms with van der Waals surface area (Å²) in [6, 6.07) is 15.6. The molecular formula is C22H28ClNO2. The number of benzene rings is 2. The van der Waals surface area contributed by atoms with Crippen molar-refractivity contribution in [3.63, 3.8) is 0 Å². The van der Waals surface area contributed by atoms with E-state index in [1.807, 2.05) is 36.4 Å². The molecule has 3 nitrogen and oxygen atoms in total. The van der Waals surface area contributed by atoms with Crippen molar-refractivity contribution >= 4 is 17.3 Å². The minimum atomic E-state index is 0.598. The molecule has 0 aromatic heterocycles. The third-order valence-corrected chi connectivity index (χ3v) is 5.14. The summed E-state index contributed by atoms with van der Waals surface area (Å²) in [5.41, 5.74) is 1.07. The van der Waals surface area contributed by atoms with Crippen LogP contribution in [0.1, 0.15) is 38.5 Å². The van der Waals surface area contributed by atoms with E-state index in [2.05, 4.69) is 17.4 Å². The molecule has 26 heavy (non-hydrogen) atoms. The molecule has 0 spiro atoms. The maximum Gasteiger partial charge on any atom is 0.119 e. The standard InChI is InChI=1S/C22H28ClNO2/c23-19-6-10-21(11-7-19)26-17-15-24-20-8-12-22(13-9-20)25-16-14-18-4-2-1-3-5-18/h6-13,18,24H,1-5,14-17H2. The maximum atomic E-state index is 5.89. The first-order chi connectivity index (χ1) is 12.8. The molecule has 0 saturated heterocycles. The zero-order valence-corrected chi connectivity index (χ0v) is 16.0. The fraction of sp³-hybridized carbons (Fsp3) is 0.455. The molecule has 0 unspecified atom stereocenters. The third-order valence-electron chi connectivity index (χ3n) is 4.89. The summed E-state index contributed by atoms with van der Waals surface area (Å²) in [6.07, 6.45) is 8.15. The molecule has 0 aliphatic heterocycles. The van der Waals surface area contributed by atoms with Crippen molar-refractivity contribution in [2.45, 2.75) is 38.5 Å². The molecule has 1 aliphatic rings. The number of rotatable bonds is 9. The average molecular weight is 374 g/mol. The number of halogens is 1. The minimum Gasteiger partial charge on any atom is -0.494 e. The Morgan fingerprint density at radius 2 is 1.42 bits per heavy atom. The number of hydrogen-bond acceptors (Lipinski definition) is 3. The summed E-state index contributed by atoms with van der Waals surface area (Å²) in [5, 5.41) is 4.07. The SMILES string of the molecule is Clc1ccc(OCCNc2ccc(OCCC3CCCCC3)cc2)cc1. The number of nitrogens with one attached hydrogen (secondary N) is 1. The highest BCUT2D eigenvalue weighted by Crippen LogP contribution is 2.26. The van der Waals surface area contributed by atoms with Gasteiger partial charge in [-0.25, -0.2) is 0 Å². The molecule has 0 amide bonds. The number of ether oxygens (including phenoxy) is 2. The van der Waals surface area contributed by atoms with Crippen molar-refractivity contribution in [2.75, 3.05) is 25.1 Å². The van der Waals surface area contributed by atoms with Crippen LogP contribution in [0, 0.1) is 5.92 Å². The number of anilines is 1. The Hall–Kier alpha value is -1.87. The summed E-state index contributed by atoms with van der Waals surface area (Å²) in [6.45, 7) is 2.16. The van der Waals surface area contributed by atoms with Crippen LogP contribution in [0.2, 0.25) is 5.02 Å². The highest BCUT2D eigenvalue weighted by molar-refractivity contribution is 6.30.